The summed E-state index contributed by atoms with van der Waals surface area (Å²) in [4.78, 5) is 45.8. The molecule has 11 nitrogen and oxygen atoms in total. The maximum Gasteiger partial charge on any atom is 0.255 e. The minimum atomic E-state index is -2.58. The van der Waals surface area contributed by atoms with Gasteiger partial charge in [-0.1, -0.05) is 0 Å². The summed E-state index contributed by atoms with van der Waals surface area (Å²) in [5.41, 5.74) is 6.03. The third-order valence-electron chi connectivity index (χ3n) is 7.18. The van der Waals surface area contributed by atoms with Gasteiger partial charge in [-0.25, -0.2) is 0 Å². The maximum atomic E-state index is 13.8. The zero-order valence-corrected chi connectivity index (χ0v) is 20.6. The summed E-state index contributed by atoms with van der Waals surface area (Å²) in [5, 5.41) is 43.9. The summed E-state index contributed by atoms with van der Waals surface area (Å²) in [7, 11) is 3.60. The molecule has 3 aliphatic carbocycles. The fourth-order valence-electron chi connectivity index (χ4n) is 5.54. The van der Waals surface area contributed by atoms with Crippen LogP contribution in [0.5, 0.6) is 5.75 Å². The number of fused-ring (bicyclic) bond motifs is 3. The van der Waals surface area contributed by atoms with E-state index < -0.39 is 52.0 Å². The lowest BCUT2D eigenvalue weighted by Gasteiger charge is -2.46. The van der Waals surface area contributed by atoms with Crippen LogP contribution in [0, 0.1) is 11.8 Å². The molecule has 11 heteroatoms. The van der Waals surface area contributed by atoms with Gasteiger partial charge in [-0.3, -0.25) is 19.2 Å². The van der Waals surface area contributed by atoms with E-state index in [-0.39, 0.29) is 48.8 Å². The summed E-state index contributed by atoms with van der Waals surface area (Å²) in [6.45, 7) is 3.75. The smallest absolute Gasteiger partial charge is 0.255 e. The van der Waals surface area contributed by atoms with Crippen molar-refractivity contribution in [1.29, 1.82) is 0 Å². The molecule has 0 aliphatic heterocycles. The Morgan fingerprint density at radius 2 is 1.92 bits per heavy atom. The van der Waals surface area contributed by atoms with Crippen molar-refractivity contribution in [2.24, 2.45) is 17.6 Å². The summed E-state index contributed by atoms with van der Waals surface area (Å²) in [6.07, 6.45) is -0.0552. The predicted octanol–water partition coefficient (Wildman–Crippen LogP) is 1.08. The van der Waals surface area contributed by atoms with Gasteiger partial charge >= 0.3 is 0 Å². The number of aliphatic hydroxyl groups is 3. The number of amides is 1. The highest BCUT2D eigenvalue weighted by molar-refractivity contribution is 6.24. The van der Waals surface area contributed by atoms with Gasteiger partial charge in [-0.2, -0.15) is 5.48 Å². The van der Waals surface area contributed by atoms with Crippen LogP contribution in [0.15, 0.2) is 28.7 Å². The van der Waals surface area contributed by atoms with Crippen LogP contribution < -0.4 is 16.1 Å². The summed E-state index contributed by atoms with van der Waals surface area (Å²) in [5.74, 6) is -6.46. The molecular weight excluding hydrogens is 470 g/mol. The number of hydrogen-bond acceptors (Lipinski definition) is 10. The number of nitrogens with two attached hydrogens (primary N) is 1. The van der Waals surface area contributed by atoms with Gasteiger partial charge in [0.15, 0.2) is 11.4 Å². The Hall–Kier alpha value is -3.41. The Kier molecular flexibility index (Phi) is 6.36. The molecule has 0 bridgehead atoms. The van der Waals surface area contributed by atoms with Crippen LogP contribution in [0.1, 0.15) is 48.2 Å². The first-order valence-electron chi connectivity index (χ1n) is 11.7. The molecule has 3 atom stereocenters. The Morgan fingerprint density at radius 3 is 2.50 bits per heavy atom. The normalized spacial score (nSPS) is 25.6. The van der Waals surface area contributed by atoms with Crippen molar-refractivity contribution in [3.63, 3.8) is 0 Å². The molecule has 4 rings (SSSR count). The first-order chi connectivity index (χ1) is 16.8. The van der Waals surface area contributed by atoms with E-state index in [4.69, 9.17) is 10.6 Å². The largest absolute Gasteiger partial charge is 0.511 e. The Labute approximate surface area is 207 Å². The Balaban J connectivity index is 1.86. The van der Waals surface area contributed by atoms with Gasteiger partial charge in [0.05, 0.1) is 11.7 Å². The van der Waals surface area contributed by atoms with Gasteiger partial charge in [-0.05, 0) is 44.2 Å². The molecule has 0 radical (unpaired) electrons. The number of phenols is 1. The molecule has 0 spiro atoms. The number of benzene rings is 1. The number of primary amides is 1. The number of rotatable bonds is 6. The van der Waals surface area contributed by atoms with Crippen LogP contribution in [-0.4, -0.2) is 63.7 Å². The van der Waals surface area contributed by atoms with Gasteiger partial charge < -0.3 is 31.1 Å². The number of nitrogens with zero attached hydrogens (tertiary/aromatic N) is 1. The van der Waals surface area contributed by atoms with Crippen molar-refractivity contribution in [2.75, 3.05) is 19.0 Å². The number of carbonyl (C=O) groups excluding carboxylic acids is 3. The molecule has 0 heterocycles. The summed E-state index contributed by atoms with van der Waals surface area (Å²) >= 11 is 0. The molecule has 0 saturated carbocycles. The van der Waals surface area contributed by atoms with E-state index in [0.717, 1.165) is 0 Å². The minimum absolute atomic E-state index is 0.0285. The predicted molar refractivity (Wildman–Crippen MR) is 128 cm³/mol. The lowest BCUT2D eigenvalue weighted by molar-refractivity contribution is -0.144. The van der Waals surface area contributed by atoms with Gasteiger partial charge in [0.1, 0.15) is 22.8 Å². The summed E-state index contributed by atoms with van der Waals surface area (Å²) in [6, 6.07) is 1.75. The maximum absolute atomic E-state index is 13.8. The molecule has 1 amide bonds. The first-order valence-corrected chi connectivity index (χ1v) is 11.7. The standard InChI is InChI=1S/C25H31N3O8/c1-10(2)36-27-9-12-7-15(28(3)4)14-6-11-5-13-8-16(29)19(24(26)34)23(33)25(13,35)22(32)17(11)21(31)18(14)20(12)30/h7,10-11,13,27,29-30,32,35H,5-6,8-9H2,1-4H3,(H2,26,34)/t11-,13+,25+/m1/s1. The number of anilines is 1. The molecule has 3 aliphatic rings. The number of hydrogen-bond donors (Lipinski definition) is 6. The Morgan fingerprint density at radius 1 is 1.25 bits per heavy atom. The third kappa shape index (κ3) is 3.74. The van der Waals surface area contributed by atoms with Crippen molar-refractivity contribution >= 4 is 23.2 Å². The van der Waals surface area contributed by atoms with Crippen LogP contribution in [0.3, 0.4) is 0 Å². The highest BCUT2D eigenvalue weighted by atomic mass is 16.7. The number of hydroxylamine groups is 1. The van der Waals surface area contributed by atoms with E-state index in [2.05, 4.69) is 5.48 Å². The van der Waals surface area contributed by atoms with Gasteiger partial charge in [0.25, 0.3) is 5.91 Å². The number of ketones is 2. The lowest BCUT2D eigenvalue weighted by atomic mass is 9.60. The molecule has 1 aromatic carbocycles. The number of carbonyl (C=O) groups is 3. The van der Waals surface area contributed by atoms with Crippen molar-refractivity contribution in [3.8, 4) is 5.75 Å². The lowest BCUT2D eigenvalue weighted by Crippen LogP contribution is -2.57. The minimum Gasteiger partial charge on any atom is -0.511 e. The summed E-state index contributed by atoms with van der Waals surface area (Å²) < 4.78 is 0. The molecular formula is C25H31N3O8. The fourth-order valence-corrected chi connectivity index (χ4v) is 5.54. The Bertz CT molecular complexity index is 1230. The average molecular weight is 502 g/mol. The van der Waals surface area contributed by atoms with Crippen molar-refractivity contribution in [2.45, 2.75) is 51.4 Å². The second-order valence-electron chi connectivity index (χ2n) is 10.0. The van der Waals surface area contributed by atoms with E-state index in [9.17, 15) is 34.8 Å². The monoisotopic (exact) mass is 501 g/mol. The SMILES string of the molecule is CC(C)ONCc1cc(N(C)C)c2c(c1O)C(=O)C1=C(O)[C@]3(O)C(=O)C(C(N)=O)=C(O)C[C@@H]3C[C@@H]1C2. The van der Waals surface area contributed by atoms with Crippen molar-refractivity contribution in [1.82, 2.24) is 5.48 Å². The fraction of sp³-hybridized carbons (Fsp3) is 0.480. The molecule has 1 aromatic rings. The van der Waals surface area contributed by atoms with Crippen LogP contribution >= 0.6 is 0 Å². The third-order valence-corrected chi connectivity index (χ3v) is 7.18. The molecule has 7 N–H and O–H groups in total. The van der Waals surface area contributed by atoms with Crippen LogP contribution in [0.25, 0.3) is 0 Å². The number of Topliss-reactive ketones (excluding diaryl/α,β-unsaturated/α-hetero) is 2. The number of nitrogens with one attached hydrogen (secondary N) is 1. The van der Waals surface area contributed by atoms with Crippen molar-refractivity contribution in [3.05, 3.63) is 45.4 Å². The van der Waals surface area contributed by atoms with Crippen LogP contribution in [0.4, 0.5) is 5.69 Å². The molecule has 194 valence electrons. The van der Waals surface area contributed by atoms with Gasteiger partial charge in [-0.15, -0.1) is 0 Å². The second-order valence-corrected chi connectivity index (χ2v) is 10.0. The number of allylic oxidation sites excluding steroid dienone is 2. The zero-order valence-electron chi connectivity index (χ0n) is 20.6. The van der Waals surface area contributed by atoms with Crippen molar-refractivity contribution < 1.29 is 39.6 Å². The van der Waals surface area contributed by atoms with E-state index in [1.807, 2.05) is 18.7 Å². The zero-order chi connectivity index (χ0) is 26.7. The molecule has 0 aromatic heterocycles. The number of phenolic OH excluding ortho intramolecular Hbond substituents is 1. The molecule has 0 unspecified atom stereocenters. The first kappa shape index (κ1) is 25.7. The molecule has 0 saturated heterocycles. The molecule has 36 heavy (non-hydrogen) atoms. The highest BCUT2D eigenvalue weighted by Crippen LogP contribution is 2.52. The molecule has 0 fully saturated rings. The van der Waals surface area contributed by atoms with E-state index in [0.29, 0.717) is 16.8 Å². The highest BCUT2D eigenvalue weighted by Gasteiger charge is 2.59. The van der Waals surface area contributed by atoms with Crippen LogP contribution in [-0.2, 0) is 27.4 Å². The van der Waals surface area contributed by atoms with Gasteiger partial charge in [0.2, 0.25) is 5.78 Å². The van der Waals surface area contributed by atoms with E-state index >= 15 is 0 Å². The topological polar surface area (TPSA) is 183 Å². The van der Waals surface area contributed by atoms with Crippen LogP contribution in [0.2, 0.25) is 0 Å². The van der Waals surface area contributed by atoms with Gasteiger partial charge in [0, 0.05) is 49.8 Å². The van der Waals surface area contributed by atoms with E-state index in [1.54, 1.807) is 20.2 Å². The number of aromatic hydroxyl groups is 1. The average Bonchev–Trinajstić information content (AvgIpc) is 2.77. The second kappa shape index (κ2) is 8.91. The number of aliphatic hydroxyl groups excluding tert-OH is 2. The quantitative estimate of drug-likeness (QED) is 0.244. The van der Waals surface area contributed by atoms with E-state index in [1.165, 1.54) is 0 Å².